The van der Waals surface area contributed by atoms with Crippen LogP contribution in [0.5, 0.6) is 11.5 Å². The molecule has 0 bridgehead atoms. The van der Waals surface area contributed by atoms with E-state index in [1.807, 2.05) is 43.0 Å². The van der Waals surface area contributed by atoms with Crippen LogP contribution in [0.2, 0.25) is 0 Å². The number of guanidine groups is 1. The molecule has 0 atom stereocenters. The number of ether oxygens (including phenoxy) is 2. The summed E-state index contributed by atoms with van der Waals surface area (Å²) in [5.74, 6) is 1.42. The van der Waals surface area contributed by atoms with E-state index in [0.29, 0.717) is 31.2 Å². The molecule has 0 radical (unpaired) electrons. The fraction of sp³-hybridized carbons (Fsp3) is 0.381. The Bertz CT molecular complexity index is 843. The maximum Gasteiger partial charge on any atom is 0.193 e. The van der Waals surface area contributed by atoms with Crippen LogP contribution in [0, 0.1) is 5.82 Å². The summed E-state index contributed by atoms with van der Waals surface area (Å²) in [5.41, 5.74) is 8.11. The SMILES string of the molecule is CCN(CC)c1ccc(CN=C(N)Nc2ccc3c(c2)OCCCO3)cc1F.I. The van der Waals surface area contributed by atoms with Gasteiger partial charge in [0, 0.05) is 31.3 Å². The molecule has 3 rings (SSSR count). The van der Waals surface area contributed by atoms with E-state index in [2.05, 4.69) is 10.3 Å². The third-order valence-corrected chi connectivity index (χ3v) is 4.57. The lowest BCUT2D eigenvalue weighted by molar-refractivity contribution is 0.297. The summed E-state index contributed by atoms with van der Waals surface area (Å²) in [6.45, 7) is 7.09. The van der Waals surface area contributed by atoms with E-state index < -0.39 is 0 Å². The fourth-order valence-corrected chi connectivity index (χ4v) is 3.07. The quantitative estimate of drug-likeness (QED) is 0.340. The van der Waals surface area contributed by atoms with Crippen molar-refractivity contribution in [2.45, 2.75) is 26.8 Å². The molecule has 1 heterocycles. The van der Waals surface area contributed by atoms with Crippen LogP contribution in [-0.4, -0.2) is 32.3 Å². The molecular weight excluding hydrogens is 486 g/mol. The number of anilines is 2. The van der Waals surface area contributed by atoms with Crippen LogP contribution in [0.4, 0.5) is 15.8 Å². The highest BCUT2D eigenvalue weighted by Gasteiger charge is 2.11. The van der Waals surface area contributed by atoms with E-state index in [1.165, 1.54) is 6.07 Å². The Morgan fingerprint density at radius 1 is 1.10 bits per heavy atom. The Labute approximate surface area is 188 Å². The lowest BCUT2D eigenvalue weighted by Crippen LogP contribution is -2.23. The number of nitrogens with zero attached hydrogens (tertiary/aromatic N) is 2. The molecule has 8 heteroatoms. The summed E-state index contributed by atoms with van der Waals surface area (Å²) in [6.07, 6.45) is 0.852. The van der Waals surface area contributed by atoms with Gasteiger partial charge in [0.2, 0.25) is 0 Å². The summed E-state index contributed by atoms with van der Waals surface area (Å²) in [5, 5.41) is 3.04. The number of hydrogen-bond acceptors (Lipinski definition) is 4. The molecule has 3 N–H and O–H groups in total. The van der Waals surface area contributed by atoms with Crippen molar-refractivity contribution in [2.24, 2.45) is 10.7 Å². The Morgan fingerprint density at radius 2 is 1.83 bits per heavy atom. The number of halogens is 2. The monoisotopic (exact) mass is 514 g/mol. The molecule has 0 spiro atoms. The van der Waals surface area contributed by atoms with Crippen molar-refractivity contribution >= 4 is 41.3 Å². The normalized spacial score (nSPS) is 13.3. The number of nitrogens with one attached hydrogen (secondary N) is 1. The van der Waals surface area contributed by atoms with Crippen LogP contribution < -0.4 is 25.4 Å². The molecule has 1 aliphatic heterocycles. The van der Waals surface area contributed by atoms with Gasteiger partial charge in [0.1, 0.15) is 5.82 Å². The largest absolute Gasteiger partial charge is 0.490 e. The van der Waals surface area contributed by atoms with E-state index in [0.717, 1.165) is 36.5 Å². The van der Waals surface area contributed by atoms with Crippen LogP contribution in [0.15, 0.2) is 41.4 Å². The van der Waals surface area contributed by atoms with Gasteiger partial charge in [-0.25, -0.2) is 9.38 Å². The Morgan fingerprint density at radius 3 is 2.52 bits per heavy atom. The summed E-state index contributed by atoms with van der Waals surface area (Å²) in [7, 11) is 0. The van der Waals surface area contributed by atoms with Crippen molar-refractivity contribution in [2.75, 3.05) is 36.5 Å². The van der Waals surface area contributed by atoms with Crippen molar-refractivity contribution in [1.82, 2.24) is 0 Å². The van der Waals surface area contributed by atoms with Gasteiger partial charge in [0.05, 0.1) is 25.4 Å². The molecule has 0 aliphatic carbocycles. The van der Waals surface area contributed by atoms with Crippen LogP contribution in [0.25, 0.3) is 0 Å². The first-order valence-corrected chi connectivity index (χ1v) is 9.60. The van der Waals surface area contributed by atoms with Gasteiger partial charge in [0.25, 0.3) is 0 Å². The highest BCUT2D eigenvalue weighted by Crippen LogP contribution is 2.32. The zero-order valence-corrected chi connectivity index (χ0v) is 19.1. The maximum absolute atomic E-state index is 14.4. The predicted octanol–water partition coefficient (Wildman–Crippen LogP) is 4.38. The van der Waals surface area contributed by atoms with Gasteiger partial charge in [-0.1, -0.05) is 6.07 Å². The third-order valence-electron chi connectivity index (χ3n) is 4.57. The molecule has 6 nitrogen and oxygen atoms in total. The van der Waals surface area contributed by atoms with Crippen LogP contribution in [-0.2, 0) is 6.54 Å². The molecule has 0 aromatic heterocycles. The zero-order chi connectivity index (χ0) is 19.9. The second kappa shape index (κ2) is 11.1. The molecular formula is C21H28FIN4O2. The first-order chi connectivity index (χ1) is 13.6. The lowest BCUT2D eigenvalue weighted by atomic mass is 10.2. The van der Waals surface area contributed by atoms with E-state index in [9.17, 15) is 4.39 Å². The second-order valence-corrected chi connectivity index (χ2v) is 6.50. The third kappa shape index (κ3) is 6.12. The molecule has 0 unspecified atom stereocenters. The van der Waals surface area contributed by atoms with E-state index in [1.54, 1.807) is 6.07 Å². The molecule has 2 aromatic rings. The second-order valence-electron chi connectivity index (χ2n) is 6.50. The predicted molar refractivity (Wildman–Crippen MR) is 126 cm³/mol. The van der Waals surface area contributed by atoms with E-state index in [-0.39, 0.29) is 35.8 Å². The fourth-order valence-electron chi connectivity index (χ4n) is 3.07. The molecule has 0 amide bonds. The topological polar surface area (TPSA) is 72.1 Å². The number of fused-ring (bicyclic) bond motifs is 1. The Kier molecular flexibility index (Phi) is 8.81. The average molecular weight is 514 g/mol. The summed E-state index contributed by atoms with van der Waals surface area (Å²) >= 11 is 0. The minimum absolute atomic E-state index is 0. The van der Waals surface area contributed by atoms with Crippen molar-refractivity contribution < 1.29 is 13.9 Å². The van der Waals surface area contributed by atoms with Crippen LogP contribution in [0.1, 0.15) is 25.8 Å². The molecule has 0 saturated carbocycles. The van der Waals surface area contributed by atoms with Gasteiger partial charge in [0.15, 0.2) is 17.5 Å². The van der Waals surface area contributed by atoms with Crippen molar-refractivity contribution in [1.29, 1.82) is 0 Å². The number of rotatable bonds is 6. The van der Waals surface area contributed by atoms with Gasteiger partial charge >= 0.3 is 0 Å². The standard InChI is InChI=1S/C21H27FN4O2.HI/c1-3-26(4-2)18-8-6-15(12-17(18)22)14-24-21(23)25-16-7-9-19-20(13-16)28-11-5-10-27-19;/h6-9,12-13H,3-5,10-11,14H2,1-2H3,(H3,23,24,25);1H. The molecule has 29 heavy (non-hydrogen) atoms. The number of hydrogen-bond donors (Lipinski definition) is 2. The first kappa shape index (κ1) is 23.1. The summed E-state index contributed by atoms with van der Waals surface area (Å²) < 4.78 is 25.7. The maximum atomic E-state index is 14.4. The van der Waals surface area contributed by atoms with Gasteiger partial charge in [-0.2, -0.15) is 0 Å². The highest BCUT2D eigenvalue weighted by molar-refractivity contribution is 14.0. The van der Waals surface area contributed by atoms with Crippen molar-refractivity contribution in [3.63, 3.8) is 0 Å². The van der Waals surface area contributed by atoms with Crippen molar-refractivity contribution in [3.8, 4) is 11.5 Å². The van der Waals surface area contributed by atoms with E-state index in [4.69, 9.17) is 15.2 Å². The first-order valence-electron chi connectivity index (χ1n) is 9.60. The molecule has 0 fully saturated rings. The van der Waals surface area contributed by atoms with Gasteiger partial charge in [-0.05, 0) is 43.7 Å². The summed E-state index contributed by atoms with van der Waals surface area (Å²) in [6, 6.07) is 10.7. The lowest BCUT2D eigenvalue weighted by Gasteiger charge is -2.21. The van der Waals surface area contributed by atoms with Crippen LogP contribution in [0.3, 0.4) is 0 Å². The zero-order valence-electron chi connectivity index (χ0n) is 16.8. The Hall–Kier alpha value is -2.23. The highest BCUT2D eigenvalue weighted by atomic mass is 127. The van der Waals surface area contributed by atoms with Gasteiger partial charge in [-0.3, -0.25) is 0 Å². The minimum atomic E-state index is -0.245. The number of nitrogens with two attached hydrogens (primary N) is 1. The molecule has 0 saturated heterocycles. The molecule has 158 valence electrons. The van der Waals surface area contributed by atoms with Gasteiger partial charge in [-0.15, -0.1) is 24.0 Å². The van der Waals surface area contributed by atoms with Crippen molar-refractivity contribution in [3.05, 3.63) is 47.8 Å². The average Bonchev–Trinajstić information content (AvgIpc) is 2.93. The number of benzene rings is 2. The molecule has 1 aliphatic rings. The summed E-state index contributed by atoms with van der Waals surface area (Å²) in [4.78, 5) is 6.28. The Balaban J connectivity index is 0.00000300. The van der Waals surface area contributed by atoms with Gasteiger partial charge < -0.3 is 25.4 Å². The smallest absolute Gasteiger partial charge is 0.193 e. The molecule has 2 aromatic carbocycles. The minimum Gasteiger partial charge on any atom is -0.490 e. The number of aliphatic imine (C=N–C) groups is 1. The van der Waals surface area contributed by atoms with E-state index >= 15 is 0 Å². The van der Waals surface area contributed by atoms with Crippen LogP contribution >= 0.6 is 24.0 Å².